The van der Waals surface area contributed by atoms with Crippen LogP contribution in [0.1, 0.15) is 41.0 Å². The summed E-state index contributed by atoms with van der Waals surface area (Å²) in [5.41, 5.74) is 1.37. The fraction of sp³-hybridized carbons (Fsp3) is 0.571. The minimum absolute atomic E-state index is 0.330. The molecular weight excluding hydrogens is 256 g/mol. The number of likely N-dealkylation sites (N-methyl/N-ethyl adjacent to an activating group) is 1. The topological polar surface area (TPSA) is 42.7 Å². The first-order valence-electron chi connectivity index (χ1n) is 6.82. The van der Waals surface area contributed by atoms with E-state index < -0.39 is 0 Å². The van der Waals surface area contributed by atoms with Crippen LogP contribution in [0.15, 0.2) is 12.4 Å². The van der Waals surface area contributed by atoms with Crippen molar-refractivity contribution < 1.29 is 0 Å². The number of nitrogens with one attached hydrogen (secondary N) is 1. The van der Waals surface area contributed by atoms with Crippen LogP contribution in [-0.4, -0.2) is 21.3 Å². The lowest BCUT2D eigenvalue weighted by molar-refractivity contribution is 0.515. The Morgan fingerprint density at radius 1 is 1.37 bits per heavy atom. The molecule has 0 amide bonds. The molecule has 0 fully saturated rings. The molecule has 0 aliphatic heterocycles. The monoisotopic (exact) mass is 278 g/mol. The van der Waals surface area contributed by atoms with E-state index in [-0.39, 0.29) is 0 Å². The number of rotatable bonds is 6. The molecule has 1 unspecified atom stereocenters. The molecule has 5 heteroatoms. The molecule has 0 aliphatic rings. The van der Waals surface area contributed by atoms with Gasteiger partial charge < -0.3 is 5.32 Å². The second-order valence-electron chi connectivity index (χ2n) is 4.69. The summed E-state index contributed by atoms with van der Waals surface area (Å²) < 4.78 is 1.97. The summed E-state index contributed by atoms with van der Waals surface area (Å²) in [6, 6.07) is 2.62. The smallest absolute Gasteiger partial charge is 0.138 e. The molecule has 0 spiro atoms. The molecule has 0 saturated carbocycles. The van der Waals surface area contributed by atoms with Crippen LogP contribution in [0.5, 0.6) is 0 Å². The highest BCUT2D eigenvalue weighted by atomic mass is 32.1. The second kappa shape index (κ2) is 6.30. The van der Waals surface area contributed by atoms with Crippen molar-refractivity contribution in [2.24, 2.45) is 0 Å². The van der Waals surface area contributed by atoms with Crippen molar-refractivity contribution >= 4 is 11.3 Å². The maximum absolute atomic E-state index is 4.38. The highest BCUT2D eigenvalue weighted by Gasteiger charge is 2.17. The minimum Gasteiger partial charge on any atom is -0.309 e. The van der Waals surface area contributed by atoms with E-state index in [4.69, 9.17) is 0 Å². The van der Waals surface area contributed by atoms with Crippen LogP contribution in [-0.2, 0) is 13.0 Å². The Morgan fingerprint density at radius 2 is 2.16 bits per heavy atom. The Morgan fingerprint density at radius 3 is 2.74 bits per heavy atom. The lowest BCUT2D eigenvalue weighted by Gasteiger charge is -2.16. The lowest BCUT2D eigenvalue weighted by atomic mass is 10.1. The van der Waals surface area contributed by atoms with Gasteiger partial charge in [-0.05, 0) is 38.9 Å². The summed E-state index contributed by atoms with van der Waals surface area (Å²) in [7, 11) is 0. The highest BCUT2D eigenvalue weighted by Crippen LogP contribution is 2.28. The molecule has 2 heterocycles. The Hall–Kier alpha value is -1.20. The molecule has 1 atom stereocenters. The van der Waals surface area contributed by atoms with Gasteiger partial charge in [-0.2, -0.15) is 5.10 Å². The molecule has 0 radical (unpaired) electrons. The van der Waals surface area contributed by atoms with Gasteiger partial charge in [0.2, 0.25) is 0 Å². The van der Waals surface area contributed by atoms with Crippen molar-refractivity contribution in [3.8, 4) is 0 Å². The highest BCUT2D eigenvalue weighted by molar-refractivity contribution is 7.12. The van der Waals surface area contributed by atoms with E-state index in [1.54, 1.807) is 6.33 Å². The summed E-state index contributed by atoms with van der Waals surface area (Å²) in [6.07, 6.45) is 2.54. The van der Waals surface area contributed by atoms with E-state index in [1.807, 2.05) is 16.0 Å². The van der Waals surface area contributed by atoms with Crippen LogP contribution in [0.3, 0.4) is 0 Å². The molecule has 2 aromatic rings. The summed E-state index contributed by atoms with van der Waals surface area (Å²) in [5, 5.41) is 7.80. The summed E-state index contributed by atoms with van der Waals surface area (Å²) in [6.45, 7) is 10.4. The van der Waals surface area contributed by atoms with Gasteiger partial charge in [0, 0.05) is 28.8 Å². The maximum Gasteiger partial charge on any atom is 0.138 e. The van der Waals surface area contributed by atoms with Crippen molar-refractivity contribution in [2.45, 2.75) is 46.7 Å². The molecule has 0 saturated heterocycles. The molecular formula is C14H22N4S. The number of hydrogen-bond donors (Lipinski definition) is 1. The quantitative estimate of drug-likeness (QED) is 0.883. The van der Waals surface area contributed by atoms with Crippen LogP contribution in [0.2, 0.25) is 0 Å². The predicted octanol–water partition coefficient (Wildman–Crippen LogP) is 2.87. The second-order valence-corrected chi connectivity index (χ2v) is 5.98. The summed E-state index contributed by atoms with van der Waals surface area (Å²) >= 11 is 1.88. The van der Waals surface area contributed by atoms with Crippen LogP contribution < -0.4 is 5.32 Å². The zero-order valence-electron chi connectivity index (χ0n) is 12.1. The average molecular weight is 278 g/mol. The molecule has 1 N–H and O–H groups in total. The van der Waals surface area contributed by atoms with Crippen molar-refractivity contribution in [3.63, 3.8) is 0 Å². The van der Waals surface area contributed by atoms with Crippen molar-refractivity contribution in [1.29, 1.82) is 0 Å². The average Bonchev–Trinajstić information content (AvgIpc) is 2.96. The van der Waals surface area contributed by atoms with Crippen molar-refractivity contribution in [3.05, 3.63) is 33.5 Å². The van der Waals surface area contributed by atoms with Gasteiger partial charge in [0.05, 0.1) is 0 Å². The largest absolute Gasteiger partial charge is 0.309 e. The first kappa shape index (κ1) is 14.2. The zero-order valence-corrected chi connectivity index (χ0v) is 12.9. The van der Waals surface area contributed by atoms with E-state index in [0.717, 1.165) is 25.3 Å². The third kappa shape index (κ3) is 3.22. The van der Waals surface area contributed by atoms with Crippen molar-refractivity contribution in [1.82, 2.24) is 20.1 Å². The lowest BCUT2D eigenvalue weighted by Crippen LogP contribution is -2.23. The van der Waals surface area contributed by atoms with Crippen LogP contribution in [0.4, 0.5) is 0 Å². The molecule has 0 aliphatic carbocycles. The van der Waals surface area contributed by atoms with Gasteiger partial charge in [-0.25, -0.2) is 4.98 Å². The Kier molecular flexibility index (Phi) is 4.71. The number of aryl methyl sites for hydroxylation is 3. The Bertz CT molecular complexity index is 510. The number of thiophene rings is 1. The van der Waals surface area contributed by atoms with E-state index in [0.29, 0.717) is 6.04 Å². The molecule has 19 heavy (non-hydrogen) atoms. The number of nitrogens with zero attached hydrogens (tertiary/aromatic N) is 3. The maximum atomic E-state index is 4.38. The molecule has 2 rings (SSSR count). The van der Waals surface area contributed by atoms with Gasteiger partial charge in [0.15, 0.2) is 0 Å². The standard InChI is InChI=1S/C14H22N4S/c1-5-15-12(13-7-10(3)11(4)19-13)8-14-16-9-17-18(14)6-2/h7,9,12,15H,5-6,8H2,1-4H3. The minimum atomic E-state index is 0.330. The molecule has 0 bridgehead atoms. The molecule has 0 aromatic carbocycles. The molecule has 2 aromatic heterocycles. The van der Waals surface area contributed by atoms with Gasteiger partial charge in [0.25, 0.3) is 0 Å². The van der Waals surface area contributed by atoms with Crippen LogP contribution in [0, 0.1) is 13.8 Å². The summed E-state index contributed by atoms with van der Waals surface area (Å²) in [5.74, 6) is 1.05. The van der Waals surface area contributed by atoms with E-state index in [1.165, 1.54) is 15.3 Å². The van der Waals surface area contributed by atoms with Gasteiger partial charge in [-0.3, -0.25) is 4.68 Å². The van der Waals surface area contributed by atoms with Gasteiger partial charge in [-0.15, -0.1) is 11.3 Å². The number of aromatic nitrogens is 3. The Balaban J connectivity index is 2.21. The van der Waals surface area contributed by atoms with E-state index in [9.17, 15) is 0 Å². The first-order valence-corrected chi connectivity index (χ1v) is 7.64. The van der Waals surface area contributed by atoms with Crippen molar-refractivity contribution in [2.75, 3.05) is 6.54 Å². The zero-order chi connectivity index (χ0) is 13.8. The fourth-order valence-corrected chi connectivity index (χ4v) is 3.30. The fourth-order valence-electron chi connectivity index (χ4n) is 2.19. The molecule has 4 nitrogen and oxygen atoms in total. The first-order chi connectivity index (χ1) is 9.15. The third-order valence-electron chi connectivity index (χ3n) is 3.36. The third-order valence-corrected chi connectivity index (χ3v) is 4.63. The van der Waals surface area contributed by atoms with Gasteiger partial charge in [-0.1, -0.05) is 6.92 Å². The predicted molar refractivity (Wildman–Crippen MR) is 79.6 cm³/mol. The number of hydrogen-bond acceptors (Lipinski definition) is 4. The normalized spacial score (nSPS) is 12.8. The van der Waals surface area contributed by atoms with Crippen LogP contribution >= 0.6 is 11.3 Å². The Labute approximate surface area is 118 Å². The van der Waals surface area contributed by atoms with Gasteiger partial charge in [0.1, 0.15) is 12.2 Å². The summed E-state index contributed by atoms with van der Waals surface area (Å²) in [4.78, 5) is 7.17. The SMILES string of the molecule is CCNC(Cc1ncnn1CC)c1cc(C)c(C)s1. The van der Waals surface area contributed by atoms with E-state index >= 15 is 0 Å². The molecule has 104 valence electrons. The van der Waals surface area contributed by atoms with Gasteiger partial charge >= 0.3 is 0 Å². The van der Waals surface area contributed by atoms with Crippen LogP contribution in [0.25, 0.3) is 0 Å². The van der Waals surface area contributed by atoms with E-state index in [2.05, 4.69) is 49.2 Å².